The molecule has 0 atom stereocenters. The molecule has 0 aliphatic rings. The van der Waals surface area contributed by atoms with E-state index in [2.05, 4.69) is 21.2 Å². The van der Waals surface area contributed by atoms with Crippen LogP contribution < -0.4 is 10.1 Å². The van der Waals surface area contributed by atoms with Crippen molar-refractivity contribution < 1.29 is 14.9 Å². The molecule has 0 heterocycles. The quantitative estimate of drug-likeness (QED) is 0.699. The van der Waals surface area contributed by atoms with Crippen LogP contribution in [0.25, 0.3) is 0 Å². The maximum Gasteiger partial charge on any atom is 0.172 e. The number of phenols is 2. The fourth-order valence-corrected chi connectivity index (χ4v) is 2.48. The van der Waals surface area contributed by atoms with Gasteiger partial charge in [0.05, 0.1) is 11.6 Å². The third-order valence-corrected chi connectivity index (χ3v) is 4.11. The second-order valence-electron chi connectivity index (χ2n) is 4.68. The second-order valence-corrected chi connectivity index (χ2v) is 5.48. The number of hydrogen-bond acceptors (Lipinski definition) is 4. The Bertz CT molecular complexity index is 599. The fraction of sp³-hybridized carbons (Fsp3) is 0.250. The Balaban J connectivity index is 1.86. The minimum atomic E-state index is 0.121. The Morgan fingerprint density at radius 3 is 2.48 bits per heavy atom. The number of phenolic OH excluding ortho intramolecular Hbond substituents is 2. The summed E-state index contributed by atoms with van der Waals surface area (Å²) >= 11 is 3.38. The van der Waals surface area contributed by atoms with E-state index >= 15 is 0 Å². The van der Waals surface area contributed by atoms with E-state index < -0.39 is 0 Å². The van der Waals surface area contributed by atoms with Crippen molar-refractivity contribution in [2.24, 2.45) is 0 Å². The third-order valence-electron chi connectivity index (χ3n) is 3.22. The normalized spacial score (nSPS) is 10.6. The number of aromatic hydroxyl groups is 2. The molecule has 0 spiro atoms. The summed E-state index contributed by atoms with van der Waals surface area (Å²) in [5.41, 5.74) is 2.14. The number of nitrogens with one attached hydrogen (secondary N) is 1. The monoisotopic (exact) mass is 351 g/mol. The SMILES string of the molecule is COc1ccc(CNCCc2ccc(O)cc2)c(Br)c1O. The number of methoxy groups -OCH3 is 1. The number of halogens is 1. The minimum absolute atomic E-state index is 0.121. The molecule has 5 heteroatoms. The van der Waals surface area contributed by atoms with Gasteiger partial charge in [0.1, 0.15) is 5.75 Å². The molecule has 0 unspecified atom stereocenters. The first-order valence-electron chi connectivity index (χ1n) is 6.64. The van der Waals surface area contributed by atoms with Gasteiger partial charge in [-0.2, -0.15) is 0 Å². The van der Waals surface area contributed by atoms with Gasteiger partial charge in [-0.3, -0.25) is 0 Å². The van der Waals surface area contributed by atoms with E-state index in [9.17, 15) is 10.2 Å². The molecule has 2 rings (SSSR count). The summed E-state index contributed by atoms with van der Waals surface area (Å²) < 4.78 is 5.70. The summed E-state index contributed by atoms with van der Waals surface area (Å²) in [5, 5.41) is 22.5. The summed E-state index contributed by atoms with van der Waals surface area (Å²) in [4.78, 5) is 0. The first-order valence-corrected chi connectivity index (χ1v) is 7.44. The predicted molar refractivity (Wildman–Crippen MR) is 85.9 cm³/mol. The molecule has 2 aromatic carbocycles. The van der Waals surface area contributed by atoms with Crippen molar-refractivity contribution in [2.45, 2.75) is 13.0 Å². The molecule has 112 valence electrons. The highest BCUT2D eigenvalue weighted by atomic mass is 79.9. The zero-order valence-corrected chi connectivity index (χ0v) is 13.4. The Labute approximate surface area is 132 Å². The van der Waals surface area contributed by atoms with E-state index in [-0.39, 0.29) is 11.5 Å². The highest BCUT2D eigenvalue weighted by molar-refractivity contribution is 9.10. The molecule has 0 aliphatic heterocycles. The number of hydrogen-bond donors (Lipinski definition) is 3. The molecule has 0 bridgehead atoms. The van der Waals surface area contributed by atoms with Crippen LogP contribution in [0, 0.1) is 0 Å². The van der Waals surface area contributed by atoms with Gasteiger partial charge in [0.25, 0.3) is 0 Å². The molecule has 21 heavy (non-hydrogen) atoms. The molecule has 0 saturated heterocycles. The summed E-state index contributed by atoms with van der Waals surface area (Å²) in [7, 11) is 1.52. The Morgan fingerprint density at radius 1 is 1.10 bits per heavy atom. The van der Waals surface area contributed by atoms with Gasteiger partial charge in [0.15, 0.2) is 11.5 Å². The van der Waals surface area contributed by atoms with Crippen LogP contribution >= 0.6 is 15.9 Å². The van der Waals surface area contributed by atoms with E-state index in [1.165, 1.54) is 7.11 Å². The minimum Gasteiger partial charge on any atom is -0.508 e. The fourth-order valence-electron chi connectivity index (χ4n) is 2.01. The van der Waals surface area contributed by atoms with Crippen LogP contribution in [0.1, 0.15) is 11.1 Å². The van der Waals surface area contributed by atoms with E-state index in [4.69, 9.17) is 4.74 Å². The molecule has 0 aliphatic carbocycles. The first-order chi connectivity index (χ1) is 10.1. The molecular formula is C16H18BrNO3. The summed E-state index contributed by atoms with van der Waals surface area (Å²) in [6, 6.07) is 10.9. The van der Waals surface area contributed by atoms with Gasteiger partial charge in [-0.1, -0.05) is 18.2 Å². The van der Waals surface area contributed by atoms with Crippen LogP contribution in [0.15, 0.2) is 40.9 Å². The van der Waals surface area contributed by atoms with Gasteiger partial charge in [0, 0.05) is 6.54 Å². The summed E-state index contributed by atoms with van der Waals surface area (Å²) in [6.07, 6.45) is 0.875. The molecule has 0 fully saturated rings. The second kappa shape index (κ2) is 7.33. The number of rotatable bonds is 6. The largest absolute Gasteiger partial charge is 0.508 e. The van der Waals surface area contributed by atoms with E-state index in [1.807, 2.05) is 18.2 Å². The van der Waals surface area contributed by atoms with Crippen LogP contribution in [0.2, 0.25) is 0 Å². The number of ether oxygens (including phenoxy) is 1. The highest BCUT2D eigenvalue weighted by Gasteiger charge is 2.10. The lowest BCUT2D eigenvalue weighted by molar-refractivity contribution is 0.371. The van der Waals surface area contributed by atoms with E-state index in [0.29, 0.717) is 16.8 Å². The van der Waals surface area contributed by atoms with Gasteiger partial charge in [0.2, 0.25) is 0 Å². The molecule has 2 aromatic rings. The molecule has 4 nitrogen and oxygen atoms in total. The van der Waals surface area contributed by atoms with Crippen molar-refractivity contribution in [2.75, 3.05) is 13.7 Å². The number of benzene rings is 2. The van der Waals surface area contributed by atoms with Crippen LogP contribution in [0.5, 0.6) is 17.2 Å². The average molecular weight is 352 g/mol. The lowest BCUT2D eigenvalue weighted by Crippen LogP contribution is -2.17. The van der Waals surface area contributed by atoms with Crippen LogP contribution in [0.3, 0.4) is 0 Å². The zero-order valence-electron chi connectivity index (χ0n) is 11.8. The van der Waals surface area contributed by atoms with Crippen LogP contribution in [0.4, 0.5) is 0 Å². The average Bonchev–Trinajstić information content (AvgIpc) is 2.49. The van der Waals surface area contributed by atoms with Crippen molar-refractivity contribution in [1.29, 1.82) is 0 Å². The summed E-state index contributed by atoms with van der Waals surface area (Å²) in [5.74, 6) is 0.856. The van der Waals surface area contributed by atoms with Gasteiger partial charge < -0.3 is 20.3 Å². The van der Waals surface area contributed by atoms with Crippen molar-refractivity contribution in [3.63, 3.8) is 0 Å². The van der Waals surface area contributed by atoms with Gasteiger partial charge >= 0.3 is 0 Å². The third kappa shape index (κ3) is 4.12. The Morgan fingerprint density at radius 2 is 1.81 bits per heavy atom. The van der Waals surface area contributed by atoms with E-state index in [1.54, 1.807) is 18.2 Å². The van der Waals surface area contributed by atoms with Gasteiger partial charge in [-0.25, -0.2) is 0 Å². The van der Waals surface area contributed by atoms with Crippen molar-refractivity contribution >= 4 is 15.9 Å². The standard InChI is InChI=1S/C16H18BrNO3/c1-21-14-7-4-12(15(17)16(14)20)10-18-9-8-11-2-5-13(19)6-3-11/h2-7,18-20H,8-10H2,1H3. The Hall–Kier alpha value is -1.72. The van der Waals surface area contributed by atoms with Crippen molar-refractivity contribution in [1.82, 2.24) is 5.32 Å². The molecule has 0 radical (unpaired) electrons. The Kier molecular flexibility index (Phi) is 5.47. The topological polar surface area (TPSA) is 61.7 Å². The maximum absolute atomic E-state index is 9.92. The smallest absolute Gasteiger partial charge is 0.172 e. The molecule has 0 saturated carbocycles. The molecule has 0 amide bonds. The highest BCUT2D eigenvalue weighted by Crippen LogP contribution is 2.36. The molecule has 0 aromatic heterocycles. The van der Waals surface area contributed by atoms with Crippen LogP contribution in [-0.2, 0) is 13.0 Å². The lowest BCUT2D eigenvalue weighted by atomic mass is 10.1. The zero-order chi connectivity index (χ0) is 15.2. The first kappa shape index (κ1) is 15.7. The molecular weight excluding hydrogens is 334 g/mol. The van der Waals surface area contributed by atoms with E-state index in [0.717, 1.165) is 24.1 Å². The summed E-state index contributed by atoms with van der Waals surface area (Å²) in [6.45, 7) is 1.46. The van der Waals surface area contributed by atoms with Crippen molar-refractivity contribution in [3.8, 4) is 17.2 Å². The van der Waals surface area contributed by atoms with Crippen molar-refractivity contribution in [3.05, 3.63) is 52.0 Å². The predicted octanol–water partition coefficient (Wildman–Crippen LogP) is 3.20. The van der Waals surface area contributed by atoms with Gasteiger partial charge in [-0.05, 0) is 58.2 Å². The lowest BCUT2D eigenvalue weighted by Gasteiger charge is -2.11. The molecule has 3 N–H and O–H groups in total. The van der Waals surface area contributed by atoms with Gasteiger partial charge in [-0.15, -0.1) is 0 Å². The van der Waals surface area contributed by atoms with Crippen LogP contribution in [-0.4, -0.2) is 23.9 Å². The maximum atomic E-state index is 9.92.